The topological polar surface area (TPSA) is 26.3 Å². The summed E-state index contributed by atoms with van der Waals surface area (Å²) in [7, 11) is 1.42. The molecule has 16 heavy (non-hydrogen) atoms. The fraction of sp³-hybridized carbons (Fsp3) is 0.417. The molecular weight excluding hydrogens is 288 g/mol. The van der Waals surface area contributed by atoms with Gasteiger partial charge in [0.2, 0.25) is 0 Å². The van der Waals surface area contributed by atoms with Crippen molar-refractivity contribution < 1.29 is 9.53 Å². The van der Waals surface area contributed by atoms with E-state index < -0.39 is 4.75 Å². The van der Waals surface area contributed by atoms with E-state index in [1.54, 1.807) is 0 Å². The molecule has 1 aromatic carbocycles. The summed E-state index contributed by atoms with van der Waals surface area (Å²) in [5.74, 6) is -0.211. The molecule has 0 fully saturated rings. The molecular formula is C12H15BrO2S. The molecule has 4 heteroatoms. The summed E-state index contributed by atoms with van der Waals surface area (Å²) in [6.45, 7) is 5.76. The Morgan fingerprint density at radius 1 is 1.44 bits per heavy atom. The second kappa shape index (κ2) is 5.23. The van der Waals surface area contributed by atoms with Crippen LogP contribution in [0.2, 0.25) is 0 Å². The van der Waals surface area contributed by atoms with Gasteiger partial charge in [-0.15, -0.1) is 11.8 Å². The zero-order valence-corrected chi connectivity index (χ0v) is 12.2. The summed E-state index contributed by atoms with van der Waals surface area (Å²) in [6, 6.07) is 6.04. The Morgan fingerprint density at radius 3 is 2.62 bits per heavy atom. The van der Waals surface area contributed by atoms with Gasteiger partial charge in [-0.3, -0.25) is 4.79 Å². The molecule has 0 amide bonds. The highest BCUT2D eigenvalue weighted by Gasteiger charge is 2.30. The minimum absolute atomic E-state index is 0.211. The first-order valence-electron chi connectivity index (χ1n) is 4.90. The van der Waals surface area contributed by atoms with E-state index in [0.717, 1.165) is 14.9 Å². The van der Waals surface area contributed by atoms with Crippen molar-refractivity contribution >= 4 is 33.7 Å². The molecule has 2 nitrogen and oxygen atoms in total. The smallest absolute Gasteiger partial charge is 0.321 e. The van der Waals surface area contributed by atoms with E-state index in [4.69, 9.17) is 4.74 Å². The standard InChI is InChI=1S/C12H15BrO2S/c1-8-5-6-9(13)7-10(8)16-12(2,3)11(14)15-4/h5-7H,1-4H3. The van der Waals surface area contributed by atoms with Crippen molar-refractivity contribution in [2.24, 2.45) is 0 Å². The predicted octanol–water partition coefficient (Wildman–Crippen LogP) is 3.80. The molecule has 0 radical (unpaired) electrons. The molecule has 0 heterocycles. The number of carbonyl (C=O) groups excluding carboxylic acids is 1. The molecule has 0 aromatic heterocycles. The van der Waals surface area contributed by atoms with E-state index >= 15 is 0 Å². The van der Waals surface area contributed by atoms with Gasteiger partial charge in [0.25, 0.3) is 0 Å². The van der Waals surface area contributed by atoms with Gasteiger partial charge in [0.05, 0.1) is 7.11 Å². The Morgan fingerprint density at radius 2 is 2.06 bits per heavy atom. The Labute approximate surface area is 109 Å². The van der Waals surface area contributed by atoms with Gasteiger partial charge in [0.15, 0.2) is 0 Å². The van der Waals surface area contributed by atoms with Gasteiger partial charge in [-0.25, -0.2) is 0 Å². The number of halogens is 1. The maximum absolute atomic E-state index is 11.6. The molecule has 0 bridgehead atoms. The van der Waals surface area contributed by atoms with Gasteiger partial charge < -0.3 is 4.74 Å². The van der Waals surface area contributed by atoms with Crippen molar-refractivity contribution in [3.63, 3.8) is 0 Å². The van der Waals surface area contributed by atoms with E-state index in [1.165, 1.54) is 18.9 Å². The van der Waals surface area contributed by atoms with Gasteiger partial charge in [0, 0.05) is 9.37 Å². The van der Waals surface area contributed by atoms with Crippen LogP contribution in [0.1, 0.15) is 19.4 Å². The fourth-order valence-corrected chi connectivity index (χ4v) is 2.89. The third kappa shape index (κ3) is 3.25. The van der Waals surface area contributed by atoms with Gasteiger partial charge >= 0.3 is 5.97 Å². The number of esters is 1. The van der Waals surface area contributed by atoms with Gasteiger partial charge in [0.1, 0.15) is 4.75 Å². The molecule has 0 aliphatic carbocycles. The summed E-state index contributed by atoms with van der Waals surface area (Å²) in [4.78, 5) is 12.7. The third-order valence-electron chi connectivity index (χ3n) is 2.19. The zero-order chi connectivity index (χ0) is 12.3. The van der Waals surface area contributed by atoms with Crippen molar-refractivity contribution in [1.82, 2.24) is 0 Å². The van der Waals surface area contributed by atoms with E-state index in [1.807, 2.05) is 39.0 Å². The maximum Gasteiger partial charge on any atom is 0.321 e. The SMILES string of the molecule is COC(=O)C(C)(C)Sc1cc(Br)ccc1C. The largest absolute Gasteiger partial charge is 0.468 e. The number of thioether (sulfide) groups is 1. The maximum atomic E-state index is 11.6. The minimum atomic E-state index is -0.569. The number of aryl methyl sites for hydroxylation is 1. The van der Waals surface area contributed by atoms with Crippen LogP contribution in [0.4, 0.5) is 0 Å². The molecule has 88 valence electrons. The van der Waals surface area contributed by atoms with E-state index in [-0.39, 0.29) is 5.97 Å². The Bertz CT molecular complexity index is 402. The molecule has 1 aromatic rings. The molecule has 0 saturated carbocycles. The normalized spacial score (nSPS) is 11.3. The lowest BCUT2D eigenvalue weighted by atomic mass is 10.2. The summed E-state index contributed by atoms with van der Waals surface area (Å²) >= 11 is 4.94. The molecule has 0 spiro atoms. The number of carbonyl (C=O) groups is 1. The summed E-state index contributed by atoms with van der Waals surface area (Å²) in [5, 5.41) is 0. The molecule has 0 saturated heterocycles. The number of rotatable bonds is 3. The number of hydrogen-bond donors (Lipinski definition) is 0. The Hall–Kier alpha value is -0.480. The molecule has 0 unspecified atom stereocenters. The van der Waals surface area contributed by atoms with Gasteiger partial charge in [-0.2, -0.15) is 0 Å². The molecule has 0 N–H and O–H groups in total. The number of hydrogen-bond acceptors (Lipinski definition) is 3. The van der Waals surface area contributed by atoms with Crippen LogP contribution in [0.3, 0.4) is 0 Å². The predicted molar refractivity (Wildman–Crippen MR) is 70.8 cm³/mol. The fourth-order valence-electron chi connectivity index (χ4n) is 1.25. The number of benzene rings is 1. The summed E-state index contributed by atoms with van der Waals surface area (Å²) in [6.07, 6.45) is 0. The number of methoxy groups -OCH3 is 1. The van der Waals surface area contributed by atoms with Crippen LogP contribution in [0.15, 0.2) is 27.6 Å². The first-order chi connectivity index (χ1) is 7.36. The second-order valence-electron chi connectivity index (χ2n) is 4.01. The average molecular weight is 303 g/mol. The van der Waals surface area contributed by atoms with Crippen molar-refractivity contribution in [2.75, 3.05) is 7.11 Å². The summed E-state index contributed by atoms with van der Waals surface area (Å²) in [5.41, 5.74) is 1.16. The Kier molecular flexibility index (Phi) is 4.44. The quantitative estimate of drug-likeness (QED) is 0.627. The van der Waals surface area contributed by atoms with Crippen LogP contribution < -0.4 is 0 Å². The average Bonchev–Trinajstić information content (AvgIpc) is 2.22. The zero-order valence-electron chi connectivity index (χ0n) is 9.83. The van der Waals surface area contributed by atoms with Crippen molar-refractivity contribution in [1.29, 1.82) is 0 Å². The van der Waals surface area contributed by atoms with Crippen LogP contribution >= 0.6 is 27.7 Å². The Balaban J connectivity index is 2.95. The first kappa shape index (κ1) is 13.6. The molecule has 0 atom stereocenters. The molecule has 1 rings (SSSR count). The monoisotopic (exact) mass is 302 g/mol. The van der Waals surface area contributed by atoms with Crippen LogP contribution in [0.25, 0.3) is 0 Å². The van der Waals surface area contributed by atoms with Crippen LogP contribution in [0, 0.1) is 6.92 Å². The lowest BCUT2D eigenvalue weighted by Gasteiger charge is -2.21. The van der Waals surface area contributed by atoms with E-state index in [2.05, 4.69) is 15.9 Å². The molecule has 0 aliphatic heterocycles. The van der Waals surface area contributed by atoms with E-state index in [0.29, 0.717) is 0 Å². The van der Waals surface area contributed by atoms with Crippen LogP contribution in [-0.2, 0) is 9.53 Å². The highest BCUT2D eigenvalue weighted by atomic mass is 79.9. The first-order valence-corrected chi connectivity index (χ1v) is 6.51. The molecule has 0 aliphatic rings. The highest BCUT2D eigenvalue weighted by Crippen LogP contribution is 2.36. The van der Waals surface area contributed by atoms with Crippen molar-refractivity contribution in [3.8, 4) is 0 Å². The van der Waals surface area contributed by atoms with Crippen LogP contribution in [-0.4, -0.2) is 17.8 Å². The van der Waals surface area contributed by atoms with Crippen molar-refractivity contribution in [3.05, 3.63) is 28.2 Å². The third-order valence-corrected chi connectivity index (χ3v) is 4.02. The van der Waals surface area contributed by atoms with Crippen LogP contribution in [0.5, 0.6) is 0 Å². The van der Waals surface area contributed by atoms with Crippen molar-refractivity contribution in [2.45, 2.75) is 30.4 Å². The minimum Gasteiger partial charge on any atom is -0.468 e. The highest BCUT2D eigenvalue weighted by molar-refractivity contribution is 9.10. The summed E-state index contributed by atoms with van der Waals surface area (Å²) < 4.78 is 5.23. The lowest BCUT2D eigenvalue weighted by molar-refractivity contribution is -0.142. The van der Waals surface area contributed by atoms with Gasteiger partial charge in [-0.1, -0.05) is 22.0 Å². The van der Waals surface area contributed by atoms with Gasteiger partial charge in [-0.05, 0) is 38.5 Å². The van der Waals surface area contributed by atoms with E-state index in [9.17, 15) is 4.79 Å². The lowest BCUT2D eigenvalue weighted by Crippen LogP contribution is -2.28. The number of ether oxygens (including phenoxy) is 1. The second-order valence-corrected chi connectivity index (χ2v) is 6.59.